The third-order valence-corrected chi connectivity index (χ3v) is 4.57. The number of aryl methyl sites for hydroxylation is 1. The van der Waals surface area contributed by atoms with E-state index in [1.54, 1.807) is 0 Å². The number of nitrogens with zero attached hydrogens (tertiary/aromatic N) is 2. The Bertz CT molecular complexity index is 618. The summed E-state index contributed by atoms with van der Waals surface area (Å²) < 4.78 is 3.26. The van der Waals surface area contributed by atoms with Gasteiger partial charge in [0.05, 0.1) is 16.4 Å². The van der Waals surface area contributed by atoms with Crippen LogP contribution in [-0.4, -0.2) is 9.55 Å². The van der Waals surface area contributed by atoms with Crippen LogP contribution in [0.3, 0.4) is 0 Å². The Labute approximate surface area is 132 Å². The zero-order chi connectivity index (χ0) is 14.1. The third-order valence-electron chi connectivity index (χ3n) is 3.75. The van der Waals surface area contributed by atoms with Crippen LogP contribution in [0.5, 0.6) is 0 Å². The first kappa shape index (κ1) is 14.0. The van der Waals surface area contributed by atoms with Gasteiger partial charge >= 0.3 is 0 Å². The van der Waals surface area contributed by atoms with Crippen LogP contribution in [0.15, 0.2) is 28.9 Å². The Morgan fingerprint density at radius 2 is 2.10 bits per heavy atom. The number of hydrogen-bond donors (Lipinski definition) is 1. The lowest BCUT2D eigenvalue weighted by molar-refractivity contribution is 0.524. The molecule has 5 heteroatoms. The molecule has 0 unspecified atom stereocenters. The van der Waals surface area contributed by atoms with Gasteiger partial charge in [-0.3, -0.25) is 0 Å². The van der Waals surface area contributed by atoms with E-state index < -0.39 is 0 Å². The highest BCUT2D eigenvalue weighted by Crippen LogP contribution is 2.34. The Hall–Kier alpha value is -1.00. The van der Waals surface area contributed by atoms with Crippen molar-refractivity contribution in [3.05, 3.63) is 39.6 Å². The molecular weight excluding hydrogens is 338 g/mol. The molecule has 1 saturated carbocycles. The Balaban J connectivity index is 1.92. The molecule has 106 valence electrons. The number of halogens is 2. The van der Waals surface area contributed by atoms with Crippen molar-refractivity contribution >= 4 is 39.2 Å². The minimum atomic E-state index is 0.560. The largest absolute Gasteiger partial charge is 0.324 e. The van der Waals surface area contributed by atoms with E-state index in [1.807, 2.05) is 25.1 Å². The van der Waals surface area contributed by atoms with Crippen molar-refractivity contribution in [1.29, 1.82) is 0 Å². The highest BCUT2D eigenvalue weighted by Gasteiger charge is 2.20. The summed E-state index contributed by atoms with van der Waals surface area (Å²) in [7, 11) is 0. The Morgan fingerprint density at radius 1 is 1.35 bits per heavy atom. The van der Waals surface area contributed by atoms with Crippen molar-refractivity contribution in [1.82, 2.24) is 9.55 Å². The maximum atomic E-state index is 6.24. The summed E-state index contributed by atoms with van der Waals surface area (Å²) in [6, 6.07) is 6.35. The summed E-state index contributed by atoms with van der Waals surface area (Å²) >= 11 is 9.72. The van der Waals surface area contributed by atoms with Crippen LogP contribution in [0.2, 0.25) is 5.02 Å². The second-order valence-corrected chi connectivity index (χ2v) is 6.62. The normalized spacial score (nSPS) is 15.8. The van der Waals surface area contributed by atoms with Crippen molar-refractivity contribution in [2.75, 3.05) is 5.32 Å². The fourth-order valence-corrected chi connectivity index (χ4v) is 3.31. The first-order valence-corrected chi connectivity index (χ1v) is 8.08. The molecule has 0 amide bonds. The summed E-state index contributed by atoms with van der Waals surface area (Å²) in [5.74, 6) is 0.884. The maximum Gasteiger partial charge on any atom is 0.207 e. The first-order valence-electron chi connectivity index (χ1n) is 6.91. The predicted molar refractivity (Wildman–Crippen MR) is 86.9 cm³/mol. The van der Waals surface area contributed by atoms with Crippen molar-refractivity contribution in [3.63, 3.8) is 0 Å². The average molecular weight is 355 g/mol. The number of rotatable bonds is 3. The molecule has 3 rings (SSSR count). The van der Waals surface area contributed by atoms with Crippen LogP contribution in [0, 0.1) is 6.92 Å². The molecule has 1 aromatic heterocycles. The molecule has 20 heavy (non-hydrogen) atoms. The third kappa shape index (κ3) is 2.86. The van der Waals surface area contributed by atoms with Crippen LogP contribution >= 0.6 is 27.5 Å². The highest BCUT2D eigenvalue weighted by molar-refractivity contribution is 9.10. The molecule has 2 aromatic rings. The maximum absolute atomic E-state index is 6.24. The summed E-state index contributed by atoms with van der Waals surface area (Å²) in [4.78, 5) is 4.60. The van der Waals surface area contributed by atoms with Gasteiger partial charge in [0, 0.05) is 16.7 Å². The standard InChI is InChI=1S/C15H17BrClN3/c1-10-9-20(12-4-2-3-5-12)15(18-10)19-14-8-11(16)6-7-13(14)17/h6-9,12H,2-5H2,1H3,(H,18,19). The fourth-order valence-electron chi connectivity index (χ4n) is 2.78. The average Bonchev–Trinajstić information content (AvgIpc) is 3.03. The van der Waals surface area contributed by atoms with Crippen LogP contribution in [0.1, 0.15) is 37.4 Å². The lowest BCUT2D eigenvalue weighted by atomic mass is 10.2. The number of aromatic nitrogens is 2. The Kier molecular flexibility index (Phi) is 4.03. The highest BCUT2D eigenvalue weighted by atomic mass is 79.9. The van der Waals surface area contributed by atoms with E-state index in [-0.39, 0.29) is 0 Å². The second-order valence-electron chi connectivity index (χ2n) is 5.30. The molecule has 1 heterocycles. The quantitative estimate of drug-likeness (QED) is 0.792. The monoisotopic (exact) mass is 353 g/mol. The van der Waals surface area contributed by atoms with E-state index >= 15 is 0 Å². The van der Waals surface area contributed by atoms with Gasteiger partial charge in [0.25, 0.3) is 0 Å². The number of hydrogen-bond acceptors (Lipinski definition) is 2. The van der Waals surface area contributed by atoms with E-state index in [0.29, 0.717) is 11.1 Å². The van der Waals surface area contributed by atoms with Crippen LogP contribution in [-0.2, 0) is 0 Å². The molecule has 0 atom stereocenters. The topological polar surface area (TPSA) is 29.9 Å². The molecular formula is C15H17BrClN3. The summed E-state index contributed by atoms with van der Waals surface area (Å²) in [6.45, 7) is 2.03. The van der Waals surface area contributed by atoms with Gasteiger partial charge in [0.1, 0.15) is 0 Å². The van der Waals surface area contributed by atoms with Crippen molar-refractivity contribution < 1.29 is 0 Å². The van der Waals surface area contributed by atoms with Gasteiger partial charge in [0.2, 0.25) is 5.95 Å². The SMILES string of the molecule is Cc1cn(C2CCCC2)c(Nc2cc(Br)ccc2Cl)n1. The summed E-state index contributed by atoms with van der Waals surface area (Å²) in [6.07, 6.45) is 7.20. The molecule has 1 N–H and O–H groups in total. The minimum absolute atomic E-state index is 0.560. The van der Waals surface area contributed by atoms with Crippen molar-refractivity contribution in [2.45, 2.75) is 38.6 Å². The van der Waals surface area contributed by atoms with E-state index in [9.17, 15) is 0 Å². The van der Waals surface area contributed by atoms with Crippen LogP contribution in [0.25, 0.3) is 0 Å². The van der Waals surface area contributed by atoms with Gasteiger partial charge in [0.15, 0.2) is 0 Å². The number of benzene rings is 1. The van der Waals surface area contributed by atoms with E-state index in [2.05, 4.69) is 37.0 Å². The van der Waals surface area contributed by atoms with Crippen molar-refractivity contribution in [3.8, 4) is 0 Å². The first-order chi connectivity index (χ1) is 9.63. The Morgan fingerprint density at radius 3 is 2.85 bits per heavy atom. The lowest BCUT2D eigenvalue weighted by Gasteiger charge is -2.16. The minimum Gasteiger partial charge on any atom is -0.324 e. The fraction of sp³-hybridized carbons (Fsp3) is 0.400. The molecule has 0 saturated heterocycles. The molecule has 0 bridgehead atoms. The molecule has 1 aliphatic carbocycles. The summed E-state index contributed by atoms with van der Waals surface area (Å²) in [5, 5.41) is 4.07. The van der Waals surface area contributed by atoms with Crippen molar-refractivity contribution in [2.24, 2.45) is 0 Å². The number of imidazole rings is 1. The number of anilines is 2. The molecule has 3 nitrogen and oxygen atoms in total. The van der Waals surface area contributed by atoms with Crippen LogP contribution < -0.4 is 5.32 Å². The molecule has 1 aliphatic rings. The lowest BCUT2D eigenvalue weighted by Crippen LogP contribution is -2.08. The predicted octanol–water partition coefficient (Wildman–Crippen LogP) is 5.47. The van der Waals surface area contributed by atoms with E-state index in [1.165, 1.54) is 25.7 Å². The summed E-state index contributed by atoms with van der Waals surface area (Å²) in [5.41, 5.74) is 1.91. The van der Waals surface area contributed by atoms with E-state index in [4.69, 9.17) is 11.6 Å². The molecule has 1 aromatic carbocycles. The zero-order valence-electron chi connectivity index (χ0n) is 11.4. The van der Waals surface area contributed by atoms with Gasteiger partial charge in [-0.2, -0.15) is 0 Å². The van der Waals surface area contributed by atoms with Gasteiger partial charge < -0.3 is 9.88 Å². The molecule has 1 fully saturated rings. The van der Waals surface area contributed by atoms with Gasteiger partial charge in [-0.25, -0.2) is 4.98 Å². The molecule has 0 spiro atoms. The zero-order valence-corrected chi connectivity index (χ0v) is 13.7. The van der Waals surface area contributed by atoms with Crippen LogP contribution in [0.4, 0.5) is 11.6 Å². The molecule has 0 aliphatic heterocycles. The smallest absolute Gasteiger partial charge is 0.207 e. The van der Waals surface area contributed by atoms with E-state index in [0.717, 1.165) is 21.8 Å². The van der Waals surface area contributed by atoms with Gasteiger partial charge in [-0.05, 0) is 38.0 Å². The second kappa shape index (κ2) is 5.78. The molecule has 0 radical (unpaired) electrons. The van der Waals surface area contributed by atoms with Gasteiger partial charge in [-0.15, -0.1) is 0 Å². The van der Waals surface area contributed by atoms with Gasteiger partial charge in [-0.1, -0.05) is 40.4 Å². The number of nitrogens with one attached hydrogen (secondary N) is 1.